The first-order chi connectivity index (χ1) is 7.26. The molecule has 0 spiro atoms. The molecule has 0 unspecified atom stereocenters. The van der Waals surface area contributed by atoms with Gasteiger partial charge in [0.2, 0.25) is 5.88 Å². The quantitative estimate of drug-likeness (QED) is 0.857. The summed E-state index contributed by atoms with van der Waals surface area (Å²) in [5.74, 6) is 1.37. The summed E-state index contributed by atoms with van der Waals surface area (Å²) in [7, 11) is 1.55. The monoisotopic (exact) mass is 226 g/mol. The lowest BCUT2D eigenvalue weighted by Gasteiger charge is -2.04. The molecule has 0 radical (unpaired) electrons. The third-order valence-electron chi connectivity index (χ3n) is 1.63. The van der Waals surface area contributed by atoms with Crippen molar-refractivity contribution in [3.05, 3.63) is 18.3 Å². The maximum atomic E-state index is 11.3. The van der Waals surface area contributed by atoms with Crippen LogP contribution < -0.4 is 10.1 Å². The molecule has 0 atom stereocenters. The first-order valence-corrected chi connectivity index (χ1v) is 5.68. The number of amides is 1. The Balaban J connectivity index is 2.46. The number of hydrogen-bond donors (Lipinski definition) is 1. The molecule has 0 bridgehead atoms. The van der Waals surface area contributed by atoms with E-state index in [4.69, 9.17) is 4.74 Å². The van der Waals surface area contributed by atoms with Gasteiger partial charge in [0, 0.05) is 11.8 Å². The van der Waals surface area contributed by atoms with E-state index in [0.717, 1.165) is 12.2 Å². The van der Waals surface area contributed by atoms with Gasteiger partial charge in [0.15, 0.2) is 0 Å². The van der Waals surface area contributed by atoms with E-state index in [0.29, 0.717) is 11.6 Å². The van der Waals surface area contributed by atoms with Gasteiger partial charge >= 0.3 is 0 Å². The summed E-state index contributed by atoms with van der Waals surface area (Å²) < 4.78 is 4.91. The standard InChI is InChI=1S/C10H14N2O2S/c1-3-6-15-10(13)12-8-4-5-9(14-2)11-7-8/h4-5,7H,3,6H2,1-2H3,(H,12,13). The van der Waals surface area contributed by atoms with Gasteiger partial charge in [-0.1, -0.05) is 18.7 Å². The Morgan fingerprint density at radius 2 is 2.40 bits per heavy atom. The summed E-state index contributed by atoms with van der Waals surface area (Å²) in [5, 5.41) is 2.68. The minimum atomic E-state index is -0.0520. The van der Waals surface area contributed by atoms with Crippen LogP contribution in [-0.2, 0) is 0 Å². The summed E-state index contributed by atoms with van der Waals surface area (Å²) >= 11 is 1.27. The summed E-state index contributed by atoms with van der Waals surface area (Å²) in [6.45, 7) is 2.04. The molecule has 0 fully saturated rings. The normalized spacial score (nSPS) is 9.73. The Hall–Kier alpha value is -1.23. The molecule has 15 heavy (non-hydrogen) atoms. The Labute approximate surface area is 93.4 Å². The molecular formula is C10H14N2O2S. The Morgan fingerprint density at radius 3 is 2.93 bits per heavy atom. The number of carbonyl (C=O) groups excluding carboxylic acids is 1. The molecular weight excluding hydrogens is 212 g/mol. The number of rotatable bonds is 4. The van der Waals surface area contributed by atoms with Crippen molar-refractivity contribution in [1.82, 2.24) is 4.98 Å². The first-order valence-electron chi connectivity index (χ1n) is 4.70. The lowest BCUT2D eigenvalue weighted by Crippen LogP contribution is -2.05. The summed E-state index contributed by atoms with van der Waals surface area (Å²) in [6, 6.07) is 3.47. The largest absolute Gasteiger partial charge is 0.481 e. The predicted molar refractivity (Wildman–Crippen MR) is 62.6 cm³/mol. The number of ether oxygens (including phenoxy) is 1. The van der Waals surface area contributed by atoms with Crippen molar-refractivity contribution in [2.75, 3.05) is 18.2 Å². The van der Waals surface area contributed by atoms with Crippen LogP contribution in [0, 0.1) is 0 Å². The van der Waals surface area contributed by atoms with E-state index in [2.05, 4.69) is 10.3 Å². The van der Waals surface area contributed by atoms with E-state index in [1.165, 1.54) is 11.8 Å². The second kappa shape index (κ2) is 6.29. The van der Waals surface area contributed by atoms with Gasteiger partial charge in [-0.25, -0.2) is 4.98 Å². The van der Waals surface area contributed by atoms with Gasteiger partial charge < -0.3 is 10.1 Å². The van der Waals surface area contributed by atoms with E-state index >= 15 is 0 Å². The van der Waals surface area contributed by atoms with Gasteiger partial charge in [-0.3, -0.25) is 4.79 Å². The van der Waals surface area contributed by atoms with Crippen LogP contribution in [0.4, 0.5) is 10.5 Å². The number of nitrogens with one attached hydrogen (secondary N) is 1. The molecule has 0 aliphatic heterocycles. The second-order valence-corrected chi connectivity index (χ2v) is 3.92. The molecule has 0 saturated carbocycles. The van der Waals surface area contributed by atoms with E-state index in [-0.39, 0.29) is 5.24 Å². The topological polar surface area (TPSA) is 51.2 Å². The molecule has 4 nitrogen and oxygen atoms in total. The number of carbonyl (C=O) groups is 1. The number of thioether (sulfide) groups is 1. The highest BCUT2D eigenvalue weighted by atomic mass is 32.2. The summed E-state index contributed by atoms with van der Waals surface area (Å²) in [4.78, 5) is 15.3. The number of methoxy groups -OCH3 is 1. The van der Waals surface area contributed by atoms with Crippen LogP contribution in [-0.4, -0.2) is 23.1 Å². The van der Waals surface area contributed by atoms with Gasteiger partial charge in [-0.2, -0.15) is 0 Å². The fourth-order valence-electron chi connectivity index (χ4n) is 0.924. The average molecular weight is 226 g/mol. The number of anilines is 1. The minimum absolute atomic E-state index is 0.0520. The third kappa shape index (κ3) is 4.20. The maximum Gasteiger partial charge on any atom is 0.283 e. The van der Waals surface area contributed by atoms with Crippen LogP contribution in [0.5, 0.6) is 5.88 Å². The van der Waals surface area contributed by atoms with Crippen molar-refractivity contribution in [3.8, 4) is 5.88 Å². The fraction of sp³-hybridized carbons (Fsp3) is 0.400. The lowest BCUT2D eigenvalue weighted by atomic mass is 10.4. The molecule has 0 aromatic carbocycles. The van der Waals surface area contributed by atoms with Crippen LogP contribution in [0.15, 0.2) is 18.3 Å². The van der Waals surface area contributed by atoms with Gasteiger partial charge in [0.05, 0.1) is 19.0 Å². The van der Waals surface area contributed by atoms with E-state index < -0.39 is 0 Å². The van der Waals surface area contributed by atoms with Crippen molar-refractivity contribution in [1.29, 1.82) is 0 Å². The van der Waals surface area contributed by atoms with Crippen LogP contribution in [0.2, 0.25) is 0 Å². The van der Waals surface area contributed by atoms with E-state index in [1.807, 2.05) is 6.92 Å². The molecule has 1 aromatic heterocycles. The average Bonchev–Trinajstić information content (AvgIpc) is 2.27. The highest BCUT2D eigenvalue weighted by molar-refractivity contribution is 8.13. The Kier molecular flexibility index (Phi) is 4.97. The highest BCUT2D eigenvalue weighted by Crippen LogP contribution is 2.14. The number of hydrogen-bond acceptors (Lipinski definition) is 4. The highest BCUT2D eigenvalue weighted by Gasteiger charge is 2.02. The summed E-state index contributed by atoms with van der Waals surface area (Å²) in [6.07, 6.45) is 2.56. The predicted octanol–water partition coefficient (Wildman–Crippen LogP) is 2.77. The zero-order valence-corrected chi connectivity index (χ0v) is 9.63. The molecule has 82 valence electrons. The van der Waals surface area contributed by atoms with Crippen molar-refractivity contribution in [2.24, 2.45) is 0 Å². The van der Waals surface area contributed by atoms with Crippen LogP contribution in [0.1, 0.15) is 13.3 Å². The SMILES string of the molecule is CCCSC(=O)Nc1ccc(OC)nc1. The number of nitrogens with zero attached hydrogens (tertiary/aromatic N) is 1. The first kappa shape index (κ1) is 11.8. The van der Waals surface area contributed by atoms with E-state index in [9.17, 15) is 4.79 Å². The second-order valence-electron chi connectivity index (χ2n) is 2.85. The maximum absolute atomic E-state index is 11.3. The Morgan fingerprint density at radius 1 is 1.60 bits per heavy atom. The van der Waals surface area contributed by atoms with Crippen molar-refractivity contribution in [3.63, 3.8) is 0 Å². The van der Waals surface area contributed by atoms with Crippen molar-refractivity contribution < 1.29 is 9.53 Å². The van der Waals surface area contributed by atoms with Gasteiger partial charge in [-0.05, 0) is 12.5 Å². The molecule has 1 heterocycles. The van der Waals surface area contributed by atoms with Gasteiger partial charge in [-0.15, -0.1) is 0 Å². The number of aromatic nitrogens is 1. The fourth-order valence-corrected chi connectivity index (χ4v) is 1.50. The molecule has 1 aromatic rings. The number of pyridine rings is 1. The van der Waals surface area contributed by atoms with Crippen molar-refractivity contribution >= 4 is 22.7 Å². The van der Waals surface area contributed by atoms with Crippen LogP contribution in [0.25, 0.3) is 0 Å². The van der Waals surface area contributed by atoms with Gasteiger partial charge in [0.25, 0.3) is 5.24 Å². The van der Waals surface area contributed by atoms with Crippen molar-refractivity contribution in [2.45, 2.75) is 13.3 Å². The molecule has 0 aliphatic carbocycles. The molecule has 1 rings (SSSR count). The lowest BCUT2D eigenvalue weighted by molar-refractivity contribution is 0.269. The summed E-state index contributed by atoms with van der Waals surface area (Å²) in [5.41, 5.74) is 0.685. The zero-order valence-electron chi connectivity index (χ0n) is 8.82. The minimum Gasteiger partial charge on any atom is -0.481 e. The Bertz CT molecular complexity index is 314. The third-order valence-corrected chi connectivity index (χ3v) is 2.61. The molecule has 5 heteroatoms. The zero-order chi connectivity index (χ0) is 11.1. The van der Waals surface area contributed by atoms with Gasteiger partial charge in [0.1, 0.15) is 0 Å². The van der Waals surface area contributed by atoms with Crippen LogP contribution >= 0.6 is 11.8 Å². The molecule has 1 amide bonds. The molecule has 1 N–H and O–H groups in total. The van der Waals surface area contributed by atoms with E-state index in [1.54, 1.807) is 25.4 Å². The molecule has 0 aliphatic rings. The van der Waals surface area contributed by atoms with Crippen LogP contribution in [0.3, 0.4) is 0 Å². The molecule has 0 saturated heterocycles. The smallest absolute Gasteiger partial charge is 0.283 e.